The minimum Gasteiger partial charge on any atom is -0.507 e. The Morgan fingerprint density at radius 1 is 1.14 bits per heavy atom. The Balaban J connectivity index is 1.89. The van der Waals surface area contributed by atoms with Crippen molar-refractivity contribution in [2.75, 3.05) is 20.3 Å². The van der Waals surface area contributed by atoms with Gasteiger partial charge >= 0.3 is 11.6 Å². The monoisotopic (exact) mass is 382 g/mol. The molecule has 7 nitrogen and oxygen atoms in total. The van der Waals surface area contributed by atoms with Crippen LogP contribution in [0.4, 0.5) is 0 Å². The smallest absolute Gasteiger partial charge is 0.343 e. The van der Waals surface area contributed by atoms with E-state index in [0.717, 1.165) is 0 Å². The van der Waals surface area contributed by atoms with E-state index in [1.165, 1.54) is 7.11 Å². The standard InChI is InChI=1S/C21H18O7/c1-25-18(22)11-14(12-6-7-16-17(10-12)27-9-8-26-16)19-20(23)13-4-2-3-5-15(13)28-21(19)24/h2-7,10,14,23H,8-9,11H2,1H3. The van der Waals surface area contributed by atoms with Gasteiger partial charge in [0.15, 0.2) is 11.5 Å². The van der Waals surface area contributed by atoms with E-state index >= 15 is 0 Å². The quantitative estimate of drug-likeness (QED) is 0.547. The molecule has 7 heteroatoms. The summed E-state index contributed by atoms with van der Waals surface area (Å²) in [4.78, 5) is 24.7. The fourth-order valence-corrected chi connectivity index (χ4v) is 3.37. The summed E-state index contributed by atoms with van der Waals surface area (Å²) in [5.41, 5.74) is 0.168. The molecule has 0 spiro atoms. The van der Waals surface area contributed by atoms with Crippen LogP contribution in [-0.4, -0.2) is 31.4 Å². The Kier molecular flexibility index (Phi) is 4.65. The average molecular weight is 382 g/mol. The molecule has 0 bridgehead atoms. The number of aromatic hydroxyl groups is 1. The molecule has 1 unspecified atom stereocenters. The summed E-state index contributed by atoms with van der Waals surface area (Å²) in [7, 11) is 1.27. The molecule has 144 valence electrons. The summed E-state index contributed by atoms with van der Waals surface area (Å²) >= 11 is 0. The van der Waals surface area contributed by atoms with Crippen molar-refractivity contribution in [2.24, 2.45) is 0 Å². The summed E-state index contributed by atoms with van der Waals surface area (Å²) in [6, 6.07) is 11.8. The van der Waals surface area contributed by atoms with Crippen molar-refractivity contribution in [3.8, 4) is 17.2 Å². The van der Waals surface area contributed by atoms with Crippen molar-refractivity contribution in [3.63, 3.8) is 0 Å². The zero-order valence-corrected chi connectivity index (χ0v) is 15.1. The van der Waals surface area contributed by atoms with Gasteiger partial charge in [-0.15, -0.1) is 0 Å². The molecule has 1 aliphatic heterocycles. The molecule has 0 radical (unpaired) electrons. The highest BCUT2D eigenvalue weighted by Crippen LogP contribution is 2.39. The Labute approximate surface area is 160 Å². The maximum Gasteiger partial charge on any atom is 0.343 e. The van der Waals surface area contributed by atoms with Gasteiger partial charge in [-0.1, -0.05) is 18.2 Å². The number of hydrogen-bond acceptors (Lipinski definition) is 7. The maximum atomic E-state index is 12.7. The van der Waals surface area contributed by atoms with Crippen LogP contribution in [0.15, 0.2) is 51.7 Å². The lowest BCUT2D eigenvalue weighted by Crippen LogP contribution is -2.19. The molecular formula is C21H18O7. The van der Waals surface area contributed by atoms with Crippen LogP contribution in [0.5, 0.6) is 17.2 Å². The van der Waals surface area contributed by atoms with E-state index in [0.29, 0.717) is 35.7 Å². The molecule has 0 amide bonds. The zero-order chi connectivity index (χ0) is 19.7. The molecule has 3 aromatic rings. The van der Waals surface area contributed by atoms with Gasteiger partial charge in [0.05, 0.1) is 24.5 Å². The fourth-order valence-electron chi connectivity index (χ4n) is 3.37. The van der Waals surface area contributed by atoms with Crippen LogP contribution < -0.4 is 15.1 Å². The number of carbonyl (C=O) groups excluding carboxylic acids is 1. The first-order chi connectivity index (χ1) is 13.6. The summed E-state index contributed by atoms with van der Waals surface area (Å²) < 4.78 is 21.3. The molecule has 0 saturated carbocycles. The highest BCUT2D eigenvalue weighted by Gasteiger charge is 2.28. The van der Waals surface area contributed by atoms with Gasteiger partial charge in [-0.2, -0.15) is 0 Å². The minimum atomic E-state index is -0.774. The van der Waals surface area contributed by atoms with Gasteiger partial charge < -0.3 is 23.7 Å². The first kappa shape index (κ1) is 17.9. The van der Waals surface area contributed by atoms with Crippen LogP contribution in [0.2, 0.25) is 0 Å². The van der Waals surface area contributed by atoms with Gasteiger partial charge in [-0.3, -0.25) is 4.79 Å². The average Bonchev–Trinajstić information content (AvgIpc) is 2.72. The lowest BCUT2D eigenvalue weighted by molar-refractivity contribution is -0.140. The van der Waals surface area contributed by atoms with E-state index in [4.69, 9.17) is 18.6 Å². The van der Waals surface area contributed by atoms with Crippen molar-refractivity contribution in [1.82, 2.24) is 0 Å². The molecule has 0 aliphatic carbocycles. The number of ether oxygens (including phenoxy) is 3. The second-order valence-corrected chi connectivity index (χ2v) is 6.38. The van der Waals surface area contributed by atoms with Crippen molar-refractivity contribution < 1.29 is 28.5 Å². The van der Waals surface area contributed by atoms with E-state index < -0.39 is 17.5 Å². The number of esters is 1. The summed E-state index contributed by atoms with van der Waals surface area (Å²) in [6.45, 7) is 0.856. The van der Waals surface area contributed by atoms with Gasteiger partial charge in [-0.25, -0.2) is 4.79 Å². The Morgan fingerprint density at radius 3 is 2.68 bits per heavy atom. The predicted octanol–water partition coefficient (Wildman–Crippen LogP) is 2.96. The first-order valence-electron chi connectivity index (χ1n) is 8.79. The molecule has 28 heavy (non-hydrogen) atoms. The number of fused-ring (bicyclic) bond motifs is 2. The Hall–Kier alpha value is -3.48. The molecule has 4 rings (SSSR count). The van der Waals surface area contributed by atoms with Crippen molar-refractivity contribution in [2.45, 2.75) is 12.3 Å². The molecule has 1 N–H and O–H groups in total. The van der Waals surface area contributed by atoms with E-state index in [1.54, 1.807) is 42.5 Å². The highest BCUT2D eigenvalue weighted by atomic mass is 16.6. The zero-order valence-electron chi connectivity index (χ0n) is 15.1. The fraction of sp³-hybridized carbons (Fsp3) is 0.238. The molecule has 0 saturated heterocycles. The normalized spacial score (nSPS) is 13.9. The largest absolute Gasteiger partial charge is 0.507 e. The van der Waals surface area contributed by atoms with Gasteiger partial charge in [-0.05, 0) is 29.8 Å². The van der Waals surface area contributed by atoms with E-state index in [9.17, 15) is 14.7 Å². The van der Waals surface area contributed by atoms with Gasteiger partial charge in [0.2, 0.25) is 0 Å². The molecular weight excluding hydrogens is 364 g/mol. The van der Waals surface area contributed by atoms with E-state index in [1.807, 2.05) is 0 Å². The third-order valence-corrected chi connectivity index (χ3v) is 4.74. The van der Waals surface area contributed by atoms with Crippen LogP contribution in [0.25, 0.3) is 11.0 Å². The topological polar surface area (TPSA) is 95.2 Å². The molecule has 1 aromatic heterocycles. The maximum absolute atomic E-state index is 12.7. The van der Waals surface area contributed by atoms with Crippen LogP contribution in [0, 0.1) is 0 Å². The summed E-state index contributed by atoms with van der Waals surface area (Å²) in [5, 5.41) is 11.2. The molecule has 0 fully saturated rings. The lowest BCUT2D eigenvalue weighted by atomic mass is 9.88. The van der Waals surface area contributed by atoms with Crippen LogP contribution in [-0.2, 0) is 9.53 Å². The molecule has 2 heterocycles. The Morgan fingerprint density at radius 2 is 1.89 bits per heavy atom. The molecule has 1 aliphatic rings. The summed E-state index contributed by atoms with van der Waals surface area (Å²) in [5.74, 6) is -0.406. The van der Waals surface area contributed by atoms with E-state index in [2.05, 4.69) is 0 Å². The lowest BCUT2D eigenvalue weighted by Gasteiger charge is -2.22. The summed E-state index contributed by atoms with van der Waals surface area (Å²) in [6.07, 6.45) is -0.146. The SMILES string of the molecule is COC(=O)CC(c1ccc2c(c1)OCCO2)c1c(O)c2ccccc2oc1=O. The Bertz CT molecular complexity index is 1100. The molecule has 2 aromatic carbocycles. The number of hydrogen-bond donors (Lipinski definition) is 1. The van der Waals surface area contributed by atoms with Gasteiger partial charge in [0, 0.05) is 5.92 Å². The number of carbonyl (C=O) groups is 1. The minimum absolute atomic E-state index is 0.000720. The molecule has 1 atom stereocenters. The van der Waals surface area contributed by atoms with Crippen molar-refractivity contribution in [1.29, 1.82) is 0 Å². The number of para-hydroxylation sites is 1. The predicted molar refractivity (Wildman–Crippen MR) is 100 cm³/mol. The first-order valence-corrected chi connectivity index (χ1v) is 8.79. The number of benzene rings is 2. The van der Waals surface area contributed by atoms with Crippen LogP contribution in [0.3, 0.4) is 0 Å². The third-order valence-electron chi connectivity index (χ3n) is 4.74. The van der Waals surface area contributed by atoms with Crippen molar-refractivity contribution >= 4 is 16.9 Å². The second-order valence-electron chi connectivity index (χ2n) is 6.38. The van der Waals surface area contributed by atoms with Crippen molar-refractivity contribution in [3.05, 3.63) is 64.0 Å². The van der Waals surface area contributed by atoms with Crippen LogP contribution in [0.1, 0.15) is 23.5 Å². The van der Waals surface area contributed by atoms with Gasteiger partial charge in [0.1, 0.15) is 24.5 Å². The number of rotatable bonds is 4. The van der Waals surface area contributed by atoms with Crippen LogP contribution >= 0.6 is 0 Å². The number of methoxy groups -OCH3 is 1. The van der Waals surface area contributed by atoms with Gasteiger partial charge in [0.25, 0.3) is 0 Å². The van der Waals surface area contributed by atoms with E-state index in [-0.39, 0.29) is 23.3 Å². The highest BCUT2D eigenvalue weighted by molar-refractivity contribution is 5.84. The second kappa shape index (κ2) is 7.26. The third kappa shape index (κ3) is 3.15.